The number of piperazine rings is 1. The van der Waals surface area contributed by atoms with E-state index in [1.54, 1.807) is 11.0 Å². The number of nitrogens with zero attached hydrogens (tertiary/aromatic N) is 4. The zero-order chi connectivity index (χ0) is 18.0. The van der Waals surface area contributed by atoms with Crippen molar-refractivity contribution < 1.29 is 13.2 Å². The first-order valence-electron chi connectivity index (χ1n) is 8.07. The van der Waals surface area contributed by atoms with Crippen LogP contribution in [0.25, 0.3) is 0 Å². The average Bonchev–Trinajstić information content (AvgIpc) is 3.22. The molecule has 0 spiro atoms. The number of sulfonamides is 1. The topological polar surface area (TPSA) is 99.3 Å². The average molecular weight is 383 g/mol. The van der Waals surface area contributed by atoms with Gasteiger partial charge in [-0.2, -0.15) is 9.40 Å². The summed E-state index contributed by atoms with van der Waals surface area (Å²) in [6.07, 6.45) is 2.26. The third-order valence-corrected chi connectivity index (χ3v) is 7.37. The van der Waals surface area contributed by atoms with Crippen LogP contribution in [0.15, 0.2) is 17.3 Å². The van der Waals surface area contributed by atoms with Crippen LogP contribution in [0.2, 0.25) is 0 Å². The first-order valence-corrected chi connectivity index (χ1v) is 10.3. The van der Waals surface area contributed by atoms with Gasteiger partial charge >= 0.3 is 0 Å². The van der Waals surface area contributed by atoms with E-state index in [4.69, 9.17) is 0 Å². The summed E-state index contributed by atoms with van der Waals surface area (Å²) in [6, 6.07) is 1.73. The highest BCUT2D eigenvalue weighted by Crippen LogP contribution is 2.28. The molecule has 25 heavy (non-hydrogen) atoms. The van der Waals surface area contributed by atoms with E-state index in [-0.39, 0.29) is 5.91 Å². The van der Waals surface area contributed by atoms with Crippen LogP contribution in [-0.2, 0) is 21.2 Å². The number of carbonyl (C=O) groups is 1. The lowest BCUT2D eigenvalue weighted by atomic mass is 10.2. The highest BCUT2D eigenvalue weighted by atomic mass is 32.2. The highest BCUT2D eigenvalue weighted by Gasteiger charge is 2.31. The normalized spacial score (nSPS) is 16.3. The van der Waals surface area contributed by atoms with Crippen molar-refractivity contribution >= 4 is 27.3 Å². The molecule has 1 amide bonds. The zero-order valence-corrected chi connectivity index (χ0v) is 15.9. The SMILES string of the molecule is Cc1cc(S(=O)(=O)N2CCN(C(=O)CCc3ncn[nH]3)CC2)c(C)s1. The van der Waals surface area contributed by atoms with Crippen molar-refractivity contribution in [1.82, 2.24) is 24.4 Å². The van der Waals surface area contributed by atoms with Crippen molar-refractivity contribution in [2.75, 3.05) is 26.2 Å². The second-order valence-corrected chi connectivity index (χ2v) is 9.36. The van der Waals surface area contributed by atoms with Gasteiger partial charge < -0.3 is 4.90 Å². The van der Waals surface area contributed by atoms with Crippen molar-refractivity contribution in [3.8, 4) is 0 Å². The summed E-state index contributed by atoms with van der Waals surface area (Å²) in [6.45, 7) is 5.21. The van der Waals surface area contributed by atoms with E-state index in [2.05, 4.69) is 15.2 Å². The molecule has 136 valence electrons. The van der Waals surface area contributed by atoms with E-state index in [9.17, 15) is 13.2 Å². The van der Waals surface area contributed by atoms with Gasteiger partial charge in [0.05, 0.1) is 4.90 Å². The Kier molecular flexibility index (Phi) is 5.21. The molecule has 2 aromatic rings. The fourth-order valence-corrected chi connectivity index (χ4v) is 5.86. The first-order chi connectivity index (χ1) is 11.9. The molecule has 1 aliphatic heterocycles. The molecule has 0 aliphatic carbocycles. The Bertz CT molecular complexity index is 837. The van der Waals surface area contributed by atoms with Crippen LogP contribution in [0.3, 0.4) is 0 Å². The summed E-state index contributed by atoms with van der Waals surface area (Å²) < 4.78 is 27.1. The molecule has 3 rings (SSSR count). The maximum atomic E-state index is 12.8. The van der Waals surface area contributed by atoms with Crippen LogP contribution in [0.1, 0.15) is 22.0 Å². The van der Waals surface area contributed by atoms with E-state index >= 15 is 0 Å². The third kappa shape index (κ3) is 3.91. The van der Waals surface area contributed by atoms with Crippen molar-refractivity contribution in [2.24, 2.45) is 0 Å². The monoisotopic (exact) mass is 383 g/mol. The predicted octanol–water partition coefficient (Wildman–Crippen LogP) is 0.949. The Morgan fingerprint density at radius 1 is 1.28 bits per heavy atom. The summed E-state index contributed by atoms with van der Waals surface area (Å²) in [5.41, 5.74) is 0. The van der Waals surface area contributed by atoms with Crippen molar-refractivity contribution in [3.05, 3.63) is 28.0 Å². The standard InChI is InChI=1S/C15H21N5O3S2/c1-11-9-13(12(2)24-11)25(22,23)20-7-5-19(6-8-20)15(21)4-3-14-16-10-17-18-14/h9-10H,3-8H2,1-2H3,(H,16,17,18). The molecule has 2 aromatic heterocycles. The van der Waals surface area contributed by atoms with Crippen LogP contribution in [-0.4, -0.2) is 64.9 Å². The van der Waals surface area contributed by atoms with E-state index in [1.807, 2.05) is 13.8 Å². The molecule has 0 bridgehead atoms. The molecular formula is C15H21N5O3S2. The second-order valence-electron chi connectivity index (χ2n) is 5.99. The molecule has 0 atom stereocenters. The van der Waals surface area contributed by atoms with Gasteiger partial charge in [0.25, 0.3) is 0 Å². The number of nitrogens with one attached hydrogen (secondary N) is 1. The lowest BCUT2D eigenvalue weighted by Gasteiger charge is -2.34. The van der Waals surface area contributed by atoms with Crippen molar-refractivity contribution in [1.29, 1.82) is 0 Å². The molecule has 0 unspecified atom stereocenters. The molecule has 10 heteroatoms. The number of thiophene rings is 1. The highest BCUT2D eigenvalue weighted by molar-refractivity contribution is 7.89. The van der Waals surface area contributed by atoms with Gasteiger partial charge in [-0.3, -0.25) is 9.89 Å². The summed E-state index contributed by atoms with van der Waals surface area (Å²) >= 11 is 1.49. The third-order valence-electron chi connectivity index (χ3n) is 4.25. The fraction of sp³-hybridized carbons (Fsp3) is 0.533. The Balaban J connectivity index is 1.57. The molecule has 0 aromatic carbocycles. The van der Waals surface area contributed by atoms with Gasteiger partial charge in [-0.05, 0) is 19.9 Å². The van der Waals surface area contributed by atoms with E-state index < -0.39 is 10.0 Å². The molecule has 1 aliphatic rings. The number of amides is 1. The number of hydrogen-bond donors (Lipinski definition) is 1. The molecule has 1 N–H and O–H groups in total. The first kappa shape index (κ1) is 18.0. The number of hydrogen-bond acceptors (Lipinski definition) is 6. The molecule has 1 fully saturated rings. The van der Waals surface area contributed by atoms with Gasteiger partial charge in [-0.25, -0.2) is 13.4 Å². The minimum absolute atomic E-state index is 0.0102. The quantitative estimate of drug-likeness (QED) is 0.829. The van der Waals surface area contributed by atoms with Crippen molar-refractivity contribution in [3.63, 3.8) is 0 Å². The van der Waals surface area contributed by atoms with Crippen LogP contribution >= 0.6 is 11.3 Å². The Hall–Kier alpha value is -1.78. The smallest absolute Gasteiger partial charge is 0.244 e. The Morgan fingerprint density at radius 3 is 2.56 bits per heavy atom. The lowest BCUT2D eigenvalue weighted by Crippen LogP contribution is -2.50. The maximum absolute atomic E-state index is 12.8. The Labute approximate surface area is 150 Å². The van der Waals surface area contributed by atoms with E-state index in [0.29, 0.717) is 49.7 Å². The maximum Gasteiger partial charge on any atom is 0.244 e. The van der Waals surface area contributed by atoms with Crippen molar-refractivity contribution in [2.45, 2.75) is 31.6 Å². The minimum Gasteiger partial charge on any atom is -0.340 e. The molecule has 3 heterocycles. The summed E-state index contributed by atoms with van der Waals surface area (Å²) in [5, 5.41) is 6.48. The molecule has 1 saturated heterocycles. The van der Waals surface area contributed by atoms with E-state index in [0.717, 1.165) is 9.75 Å². The number of rotatable bonds is 5. The van der Waals surface area contributed by atoms with Crippen LogP contribution < -0.4 is 0 Å². The summed E-state index contributed by atoms with van der Waals surface area (Å²) in [4.78, 5) is 20.2. The Morgan fingerprint density at radius 2 is 2.00 bits per heavy atom. The van der Waals surface area contributed by atoms with Gasteiger partial charge in [0.2, 0.25) is 15.9 Å². The molecular weight excluding hydrogens is 362 g/mol. The predicted molar refractivity (Wildman–Crippen MR) is 93.8 cm³/mol. The van der Waals surface area contributed by atoms with Crippen LogP contribution in [0, 0.1) is 13.8 Å². The number of H-pyrrole nitrogens is 1. The number of aryl methyl sites for hydroxylation is 3. The number of aromatic nitrogens is 3. The molecule has 0 saturated carbocycles. The number of carbonyl (C=O) groups excluding carboxylic acids is 1. The van der Waals surface area contributed by atoms with Gasteiger partial charge in [0, 0.05) is 48.8 Å². The fourth-order valence-electron chi connectivity index (χ4n) is 2.92. The van der Waals surface area contributed by atoms with Crippen LogP contribution in [0.5, 0.6) is 0 Å². The summed E-state index contributed by atoms with van der Waals surface area (Å²) in [7, 11) is -3.49. The number of aromatic amines is 1. The van der Waals surface area contributed by atoms with Gasteiger partial charge in [-0.1, -0.05) is 0 Å². The minimum atomic E-state index is -3.49. The van der Waals surface area contributed by atoms with Crippen LogP contribution in [0.4, 0.5) is 0 Å². The zero-order valence-electron chi connectivity index (χ0n) is 14.2. The lowest BCUT2D eigenvalue weighted by molar-refractivity contribution is -0.132. The summed E-state index contributed by atoms with van der Waals surface area (Å²) in [5.74, 6) is 0.689. The molecule has 0 radical (unpaired) electrons. The van der Waals surface area contributed by atoms with Gasteiger partial charge in [-0.15, -0.1) is 11.3 Å². The van der Waals surface area contributed by atoms with E-state index in [1.165, 1.54) is 22.0 Å². The molecule has 8 nitrogen and oxygen atoms in total. The second kappa shape index (κ2) is 7.22. The van der Waals surface area contributed by atoms with Gasteiger partial charge in [0.1, 0.15) is 12.2 Å². The largest absolute Gasteiger partial charge is 0.340 e. The van der Waals surface area contributed by atoms with Gasteiger partial charge in [0.15, 0.2) is 0 Å².